The first-order valence-corrected chi connectivity index (χ1v) is 9.43. The van der Waals surface area contributed by atoms with E-state index in [-0.39, 0.29) is 6.03 Å². The smallest absolute Gasteiger partial charge is 0.323 e. The summed E-state index contributed by atoms with van der Waals surface area (Å²) >= 11 is 1.60. The van der Waals surface area contributed by atoms with Gasteiger partial charge in [0.05, 0.1) is 12.3 Å². The largest absolute Gasteiger partial charge is 0.494 e. The highest BCUT2D eigenvalue weighted by Crippen LogP contribution is 2.23. The van der Waals surface area contributed by atoms with Crippen LogP contribution in [0.2, 0.25) is 0 Å². The van der Waals surface area contributed by atoms with Crippen LogP contribution in [0.3, 0.4) is 0 Å². The van der Waals surface area contributed by atoms with Gasteiger partial charge in [0, 0.05) is 34.7 Å². The number of urea groups is 1. The molecule has 0 fully saturated rings. The van der Waals surface area contributed by atoms with Crippen LogP contribution >= 0.6 is 11.3 Å². The molecule has 2 aromatic heterocycles. The van der Waals surface area contributed by atoms with E-state index in [1.165, 1.54) is 0 Å². The molecular weight excluding hydrogens is 360 g/mol. The lowest BCUT2D eigenvalue weighted by atomic mass is 10.1. The highest BCUT2D eigenvalue weighted by Gasteiger charge is 2.07. The van der Waals surface area contributed by atoms with E-state index in [9.17, 15) is 4.79 Å². The molecule has 0 saturated heterocycles. The van der Waals surface area contributed by atoms with E-state index in [1.807, 2.05) is 65.5 Å². The molecule has 4 aromatic rings. The van der Waals surface area contributed by atoms with Gasteiger partial charge in [0.25, 0.3) is 0 Å². The molecule has 0 aliphatic heterocycles. The van der Waals surface area contributed by atoms with Crippen molar-refractivity contribution in [1.29, 1.82) is 0 Å². The van der Waals surface area contributed by atoms with Gasteiger partial charge in [-0.25, -0.2) is 9.78 Å². The van der Waals surface area contributed by atoms with E-state index in [4.69, 9.17) is 4.74 Å². The molecule has 2 heterocycles. The Balaban J connectivity index is 1.38. The van der Waals surface area contributed by atoms with Gasteiger partial charge >= 0.3 is 6.03 Å². The van der Waals surface area contributed by atoms with Crippen molar-refractivity contribution in [2.75, 3.05) is 17.2 Å². The quantitative estimate of drug-likeness (QED) is 0.507. The Labute approximate surface area is 160 Å². The lowest BCUT2D eigenvalue weighted by molar-refractivity contribution is 0.262. The number of nitrogens with one attached hydrogen (secondary N) is 2. The highest BCUT2D eigenvalue weighted by molar-refractivity contribution is 7.15. The first-order valence-electron chi connectivity index (χ1n) is 8.55. The van der Waals surface area contributed by atoms with Crippen LogP contribution in [0.25, 0.3) is 16.2 Å². The van der Waals surface area contributed by atoms with Crippen LogP contribution in [0.1, 0.15) is 6.92 Å². The molecule has 0 bridgehead atoms. The number of fused-ring (bicyclic) bond motifs is 1. The molecule has 0 aliphatic rings. The molecule has 2 amide bonds. The lowest BCUT2D eigenvalue weighted by Gasteiger charge is -2.09. The molecule has 0 spiro atoms. The number of hydrogen-bond donors (Lipinski definition) is 2. The molecular formula is C20H18N4O2S. The zero-order chi connectivity index (χ0) is 18.6. The molecule has 7 heteroatoms. The first kappa shape index (κ1) is 17.1. The van der Waals surface area contributed by atoms with E-state index in [1.54, 1.807) is 23.5 Å². The number of carbonyl (C=O) groups is 1. The molecule has 136 valence electrons. The summed E-state index contributed by atoms with van der Waals surface area (Å²) < 4.78 is 7.39. The maximum Gasteiger partial charge on any atom is 0.323 e. The Morgan fingerprint density at radius 3 is 2.37 bits per heavy atom. The van der Waals surface area contributed by atoms with Crippen molar-refractivity contribution in [3.05, 3.63) is 66.3 Å². The average molecular weight is 378 g/mol. The number of ether oxygens (including phenoxy) is 1. The molecule has 0 unspecified atom stereocenters. The zero-order valence-corrected chi connectivity index (χ0v) is 15.5. The van der Waals surface area contributed by atoms with Crippen LogP contribution < -0.4 is 15.4 Å². The number of hydrogen-bond acceptors (Lipinski definition) is 4. The van der Waals surface area contributed by atoms with Crippen molar-refractivity contribution in [2.45, 2.75) is 6.92 Å². The van der Waals surface area contributed by atoms with Crippen LogP contribution in [0.5, 0.6) is 5.75 Å². The topological polar surface area (TPSA) is 67.7 Å². The fourth-order valence-corrected chi connectivity index (χ4v) is 3.39. The van der Waals surface area contributed by atoms with Gasteiger partial charge in [-0.3, -0.25) is 4.40 Å². The third kappa shape index (κ3) is 3.93. The van der Waals surface area contributed by atoms with Crippen molar-refractivity contribution in [1.82, 2.24) is 9.38 Å². The van der Waals surface area contributed by atoms with Gasteiger partial charge in [-0.2, -0.15) is 0 Å². The van der Waals surface area contributed by atoms with E-state index >= 15 is 0 Å². The van der Waals surface area contributed by atoms with Crippen LogP contribution in [0, 0.1) is 0 Å². The van der Waals surface area contributed by atoms with Gasteiger partial charge in [0.1, 0.15) is 5.75 Å². The molecule has 0 radical (unpaired) electrons. The predicted octanol–water partition coefficient (Wildman–Crippen LogP) is 5.11. The molecule has 27 heavy (non-hydrogen) atoms. The third-order valence-corrected chi connectivity index (χ3v) is 4.73. The SMILES string of the molecule is CCOc1ccc(NC(=O)Nc2ccc(-c3cn4ccsc4n3)cc2)cc1. The minimum atomic E-state index is -0.297. The van der Waals surface area contributed by atoms with Gasteiger partial charge in [0.2, 0.25) is 0 Å². The van der Waals surface area contributed by atoms with E-state index in [2.05, 4.69) is 15.6 Å². The summed E-state index contributed by atoms with van der Waals surface area (Å²) in [7, 11) is 0. The fourth-order valence-electron chi connectivity index (χ4n) is 2.69. The molecule has 0 saturated carbocycles. The standard InChI is InChI=1S/C20H18N4O2S/c1-2-26-17-9-7-16(8-10-17)22-19(25)21-15-5-3-14(4-6-15)18-13-24-11-12-27-20(24)23-18/h3-13H,2H2,1H3,(H2,21,22,25). The van der Waals surface area contributed by atoms with Gasteiger partial charge in [-0.15, -0.1) is 11.3 Å². The van der Waals surface area contributed by atoms with Crippen molar-refractivity contribution < 1.29 is 9.53 Å². The summed E-state index contributed by atoms with van der Waals surface area (Å²) in [5.74, 6) is 0.776. The Bertz CT molecular complexity index is 1020. The Morgan fingerprint density at radius 1 is 1.07 bits per heavy atom. The predicted molar refractivity (Wildman–Crippen MR) is 109 cm³/mol. The number of imidazole rings is 1. The van der Waals surface area contributed by atoms with Crippen LogP contribution in [-0.4, -0.2) is 22.0 Å². The molecule has 0 aliphatic carbocycles. The number of aromatic nitrogens is 2. The summed E-state index contributed by atoms with van der Waals surface area (Å²) in [6.45, 7) is 2.54. The molecule has 6 nitrogen and oxygen atoms in total. The maximum atomic E-state index is 12.2. The number of rotatable bonds is 5. The van der Waals surface area contributed by atoms with E-state index in [0.717, 1.165) is 22.0 Å². The second-order valence-corrected chi connectivity index (χ2v) is 6.71. The molecule has 2 N–H and O–H groups in total. The number of benzene rings is 2. The maximum absolute atomic E-state index is 12.2. The number of thiazole rings is 1. The summed E-state index contributed by atoms with van der Waals surface area (Å²) in [6.07, 6.45) is 3.98. The Hall–Kier alpha value is -3.32. The fraction of sp³-hybridized carbons (Fsp3) is 0.100. The van der Waals surface area contributed by atoms with Gasteiger partial charge in [-0.1, -0.05) is 12.1 Å². The second kappa shape index (κ2) is 7.51. The summed E-state index contributed by atoms with van der Waals surface area (Å²) in [5, 5.41) is 7.63. The lowest BCUT2D eigenvalue weighted by Crippen LogP contribution is -2.19. The number of nitrogens with zero attached hydrogens (tertiary/aromatic N) is 2. The number of carbonyl (C=O) groups excluding carboxylic acids is 1. The van der Waals surface area contributed by atoms with Crippen molar-refractivity contribution in [3.8, 4) is 17.0 Å². The van der Waals surface area contributed by atoms with Crippen LogP contribution in [-0.2, 0) is 0 Å². The average Bonchev–Trinajstić information content (AvgIpc) is 3.26. The summed E-state index contributed by atoms with van der Waals surface area (Å²) in [6, 6.07) is 14.6. The summed E-state index contributed by atoms with van der Waals surface area (Å²) in [4.78, 5) is 17.7. The number of anilines is 2. The Morgan fingerprint density at radius 2 is 1.74 bits per heavy atom. The molecule has 0 atom stereocenters. The van der Waals surface area contributed by atoms with Crippen molar-refractivity contribution in [2.24, 2.45) is 0 Å². The van der Waals surface area contributed by atoms with Crippen molar-refractivity contribution >= 4 is 33.7 Å². The minimum absolute atomic E-state index is 0.297. The first-order chi connectivity index (χ1) is 13.2. The number of amides is 2. The van der Waals surface area contributed by atoms with E-state index < -0.39 is 0 Å². The highest BCUT2D eigenvalue weighted by atomic mass is 32.1. The van der Waals surface area contributed by atoms with Gasteiger partial charge in [-0.05, 0) is 43.3 Å². The normalized spacial score (nSPS) is 10.7. The zero-order valence-electron chi connectivity index (χ0n) is 14.7. The summed E-state index contributed by atoms with van der Waals surface area (Å²) in [5.41, 5.74) is 3.32. The monoisotopic (exact) mass is 378 g/mol. The van der Waals surface area contributed by atoms with Crippen LogP contribution in [0.15, 0.2) is 66.3 Å². The molecule has 4 rings (SSSR count). The van der Waals surface area contributed by atoms with Crippen molar-refractivity contribution in [3.63, 3.8) is 0 Å². The molecule has 2 aromatic carbocycles. The van der Waals surface area contributed by atoms with Gasteiger partial charge < -0.3 is 15.4 Å². The minimum Gasteiger partial charge on any atom is -0.494 e. The van der Waals surface area contributed by atoms with E-state index in [0.29, 0.717) is 18.0 Å². The third-order valence-electron chi connectivity index (χ3n) is 3.95. The van der Waals surface area contributed by atoms with Gasteiger partial charge in [0.15, 0.2) is 4.96 Å². The second-order valence-electron chi connectivity index (χ2n) is 5.83. The van der Waals surface area contributed by atoms with Crippen LogP contribution in [0.4, 0.5) is 16.2 Å². The Kier molecular flexibility index (Phi) is 4.76.